The molecule has 8 heteroatoms. The topological polar surface area (TPSA) is 97.4 Å². The largest absolute Gasteiger partial charge is 0.465 e. The molecule has 1 aliphatic heterocycles. The summed E-state index contributed by atoms with van der Waals surface area (Å²) in [6, 6.07) is 0. The van der Waals surface area contributed by atoms with Gasteiger partial charge in [0.2, 0.25) is 0 Å². The van der Waals surface area contributed by atoms with E-state index in [1.807, 2.05) is 6.92 Å². The lowest BCUT2D eigenvalue weighted by molar-refractivity contribution is -0.202. The normalized spacial score (nSPS) is 21.6. The van der Waals surface area contributed by atoms with Crippen molar-refractivity contribution in [3.63, 3.8) is 0 Å². The third kappa shape index (κ3) is 5.65. The molecule has 3 atom stereocenters. The SMILES string of the molecule is C=CCC(C(=O)OCC)(C(=O)OCC)[C@H]1C=C[C@@H](OCC)O[C@@H]1COC(C)=O. The molecule has 0 saturated heterocycles. The van der Waals surface area contributed by atoms with Crippen LogP contribution in [-0.4, -0.2) is 56.7 Å². The zero-order valence-corrected chi connectivity index (χ0v) is 17.0. The molecular formula is C20H30O8. The van der Waals surface area contributed by atoms with Gasteiger partial charge < -0.3 is 23.7 Å². The van der Waals surface area contributed by atoms with Crippen LogP contribution in [0.25, 0.3) is 0 Å². The summed E-state index contributed by atoms with van der Waals surface area (Å²) in [6.07, 6.45) is 3.20. The van der Waals surface area contributed by atoms with Crippen molar-refractivity contribution in [2.45, 2.75) is 46.5 Å². The fourth-order valence-electron chi connectivity index (χ4n) is 3.13. The van der Waals surface area contributed by atoms with Crippen molar-refractivity contribution < 1.29 is 38.1 Å². The first kappa shape index (κ1) is 23.8. The summed E-state index contributed by atoms with van der Waals surface area (Å²) >= 11 is 0. The van der Waals surface area contributed by atoms with Crippen molar-refractivity contribution >= 4 is 17.9 Å². The van der Waals surface area contributed by atoms with Crippen LogP contribution in [0, 0.1) is 11.3 Å². The van der Waals surface area contributed by atoms with E-state index in [-0.39, 0.29) is 26.2 Å². The van der Waals surface area contributed by atoms with E-state index in [1.165, 1.54) is 13.0 Å². The molecule has 0 aliphatic carbocycles. The molecule has 158 valence electrons. The first-order valence-electron chi connectivity index (χ1n) is 9.41. The summed E-state index contributed by atoms with van der Waals surface area (Å²) in [6.45, 7) is 10.5. The van der Waals surface area contributed by atoms with E-state index in [2.05, 4.69) is 6.58 Å². The van der Waals surface area contributed by atoms with Crippen LogP contribution >= 0.6 is 0 Å². The van der Waals surface area contributed by atoms with Crippen molar-refractivity contribution in [1.29, 1.82) is 0 Å². The minimum atomic E-state index is -1.72. The van der Waals surface area contributed by atoms with E-state index >= 15 is 0 Å². The molecule has 1 heterocycles. The number of esters is 3. The Morgan fingerprint density at radius 2 is 1.64 bits per heavy atom. The molecule has 0 radical (unpaired) electrons. The number of carbonyl (C=O) groups is 3. The van der Waals surface area contributed by atoms with Gasteiger partial charge in [0.1, 0.15) is 12.7 Å². The maximum absolute atomic E-state index is 13.0. The molecular weight excluding hydrogens is 368 g/mol. The second-order valence-electron chi connectivity index (χ2n) is 6.12. The lowest BCUT2D eigenvalue weighted by atomic mass is 9.69. The fraction of sp³-hybridized carbons (Fsp3) is 0.650. The summed E-state index contributed by atoms with van der Waals surface area (Å²) in [7, 11) is 0. The molecule has 0 fully saturated rings. The molecule has 0 aromatic heterocycles. The number of carbonyl (C=O) groups excluding carboxylic acids is 3. The Kier molecular flexibility index (Phi) is 9.89. The number of rotatable bonds is 11. The van der Waals surface area contributed by atoms with Crippen LogP contribution in [0.1, 0.15) is 34.1 Å². The van der Waals surface area contributed by atoms with Gasteiger partial charge in [-0.25, -0.2) is 0 Å². The van der Waals surface area contributed by atoms with Gasteiger partial charge >= 0.3 is 17.9 Å². The molecule has 28 heavy (non-hydrogen) atoms. The first-order chi connectivity index (χ1) is 13.4. The van der Waals surface area contributed by atoms with Crippen LogP contribution in [0.5, 0.6) is 0 Å². The number of hydrogen-bond donors (Lipinski definition) is 0. The average Bonchev–Trinajstić information content (AvgIpc) is 2.65. The molecule has 1 rings (SSSR count). The Bertz CT molecular complexity index is 565. The molecule has 0 aromatic rings. The van der Waals surface area contributed by atoms with Gasteiger partial charge in [0.25, 0.3) is 0 Å². The van der Waals surface area contributed by atoms with Crippen LogP contribution in [-0.2, 0) is 38.1 Å². The van der Waals surface area contributed by atoms with Gasteiger partial charge in [-0.2, -0.15) is 0 Å². The Labute approximate surface area is 165 Å². The molecule has 8 nitrogen and oxygen atoms in total. The van der Waals surface area contributed by atoms with Crippen molar-refractivity contribution in [3.05, 3.63) is 24.8 Å². The average molecular weight is 398 g/mol. The smallest absolute Gasteiger partial charge is 0.324 e. The van der Waals surface area contributed by atoms with Crippen LogP contribution in [0.3, 0.4) is 0 Å². The highest BCUT2D eigenvalue weighted by Crippen LogP contribution is 2.42. The highest BCUT2D eigenvalue weighted by molar-refractivity contribution is 6.01. The Morgan fingerprint density at radius 1 is 1.04 bits per heavy atom. The molecule has 0 unspecified atom stereocenters. The second kappa shape index (κ2) is 11.6. The van der Waals surface area contributed by atoms with Gasteiger partial charge in [-0.3, -0.25) is 14.4 Å². The predicted octanol–water partition coefficient (Wildman–Crippen LogP) is 2.17. The van der Waals surface area contributed by atoms with Gasteiger partial charge in [-0.15, -0.1) is 6.58 Å². The van der Waals surface area contributed by atoms with Crippen LogP contribution in [0.15, 0.2) is 24.8 Å². The van der Waals surface area contributed by atoms with Crippen LogP contribution in [0.2, 0.25) is 0 Å². The molecule has 0 saturated carbocycles. The Morgan fingerprint density at radius 3 is 2.11 bits per heavy atom. The van der Waals surface area contributed by atoms with Crippen LogP contribution in [0.4, 0.5) is 0 Å². The van der Waals surface area contributed by atoms with Gasteiger partial charge in [0, 0.05) is 19.4 Å². The van der Waals surface area contributed by atoms with E-state index in [1.54, 1.807) is 26.0 Å². The van der Waals surface area contributed by atoms with Crippen LogP contribution < -0.4 is 0 Å². The van der Waals surface area contributed by atoms with E-state index in [9.17, 15) is 14.4 Å². The van der Waals surface area contributed by atoms with E-state index < -0.39 is 41.6 Å². The third-order valence-electron chi connectivity index (χ3n) is 4.28. The molecule has 0 spiro atoms. The Balaban J connectivity index is 3.43. The van der Waals surface area contributed by atoms with Crippen molar-refractivity contribution in [1.82, 2.24) is 0 Å². The molecule has 0 bridgehead atoms. The standard InChI is InChI=1S/C20H30O8/c1-6-12-20(18(22)25-8-3,19(23)26-9-4)15-10-11-17(24-7-2)28-16(15)13-27-14(5)21/h6,10-11,15-17H,1,7-9,12-13H2,2-5H3/t15-,16+,17-/m0/s1. The number of ether oxygens (including phenoxy) is 5. The lowest BCUT2D eigenvalue weighted by Crippen LogP contribution is -2.54. The molecule has 1 aliphatic rings. The summed E-state index contributed by atoms with van der Waals surface area (Å²) in [4.78, 5) is 37.2. The summed E-state index contributed by atoms with van der Waals surface area (Å²) < 4.78 is 26.9. The highest BCUT2D eigenvalue weighted by Gasteiger charge is 2.57. The van der Waals surface area contributed by atoms with Gasteiger partial charge in [0.05, 0.1) is 13.2 Å². The first-order valence-corrected chi connectivity index (χ1v) is 9.41. The number of allylic oxidation sites excluding steroid dienone is 1. The maximum Gasteiger partial charge on any atom is 0.324 e. The zero-order chi connectivity index (χ0) is 21.2. The van der Waals surface area contributed by atoms with Crippen molar-refractivity contribution in [2.75, 3.05) is 26.4 Å². The summed E-state index contributed by atoms with van der Waals surface area (Å²) in [5.74, 6) is -2.80. The maximum atomic E-state index is 13.0. The van der Waals surface area contributed by atoms with E-state index in [4.69, 9.17) is 23.7 Å². The van der Waals surface area contributed by atoms with E-state index in [0.29, 0.717) is 6.61 Å². The minimum absolute atomic E-state index is 0.0289. The van der Waals surface area contributed by atoms with Gasteiger partial charge in [-0.1, -0.05) is 12.2 Å². The predicted molar refractivity (Wildman–Crippen MR) is 100 cm³/mol. The monoisotopic (exact) mass is 398 g/mol. The summed E-state index contributed by atoms with van der Waals surface area (Å²) in [5, 5.41) is 0. The molecule has 0 aromatic carbocycles. The molecule has 0 amide bonds. The summed E-state index contributed by atoms with van der Waals surface area (Å²) in [5.41, 5.74) is -1.72. The lowest BCUT2D eigenvalue weighted by Gasteiger charge is -2.41. The van der Waals surface area contributed by atoms with Gasteiger partial charge in [0.15, 0.2) is 11.7 Å². The minimum Gasteiger partial charge on any atom is -0.465 e. The van der Waals surface area contributed by atoms with E-state index in [0.717, 1.165) is 0 Å². The zero-order valence-electron chi connectivity index (χ0n) is 17.0. The fourth-order valence-corrected chi connectivity index (χ4v) is 3.13. The van der Waals surface area contributed by atoms with Gasteiger partial charge in [-0.05, 0) is 33.3 Å². The quantitative estimate of drug-likeness (QED) is 0.226. The third-order valence-corrected chi connectivity index (χ3v) is 4.28. The highest BCUT2D eigenvalue weighted by atomic mass is 16.7. The van der Waals surface area contributed by atoms with Crippen molar-refractivity contribution in [2.24, 2.45) is 11.3 Å². The molecule has 0 N–H and O–H groups in total. The Hall–Kier alpha value is -2.19. The number of hydrogen-bond acceptors (Lipinski definition) is 8. The van der Waals surface area contributed by atoms with Crippen molar-refractivity contribution in [3.8, 4) is 0 Å². The second-order valence-corrected chi connectivity index (χ2v) is 6.12.